The van der Waals surface area contributed by atoms with Gasteiger partial charge in [-0.15, -0.1) is 0 Å². The lowest BCUT2D eigenvalue weighted by molar-refractivity contribution is -0.120. The van der Waals surface area contributed by atoms with Gasteiger partial charge >= 0.3 is 0 Å². The highest BCUT2D eigenvalue weighted by Gasteiger charge is 2.37. The topological polar surface area (TPSA) is 78.4 Å². The van der Waals surface area contributed by atoms with Crippen LogP contribution in [0.1, 0.15) is 81.5 Å². The van der Waals surface area contributed by atoms with Crippen LogP contribution in [0.2, 0.25) is 0 Å². The fraction of sp³-hybridized carbons (Fsp3) is 0.407. The lowest BCUT2D eigenvalue weighted by atomic mass is 9.84. The Bertz CT molecular complexity index is 1020. The Labute approximate surface area is 189 Å². The van der Waals surface area contributed by atoms with Crippen LogP contribution in [-0.2, 0) is 15.0 Å². The quantitative estimate of drug-likeness (QED) is 0.546. The number of carbonyl (C=O) groups is 2. The maximum absolute atomic E-state index is 12.8. The summed E-state index contributed by atoms with van der Waals surface area (Å²) in [4.78, 5) is 25.3. The molecule has 0 saturated heterocycles. The van der Waals surface area contributed by atoms with Crippen molar-refractivity contribution in [2.24, 2.45) is 0 Å². The molecule has 32 heavy (non-hydrogen) atoms. The summed E-state index contributed by atoms with van der Waals surface area (Å²) in [5.74, 6) is -0.816. The molecule has 2 aromatic rings. The molecule has 5 nitrogen and oxygen atoms in total. The van der Waals surface area contributed by atoms with Crippen molar-refractivity contribution in [3.05, 3.63) is 76.6 Å². The lowest BCUT2D eigenvalue weighted by Crippen LogP contribution is -2.26. The first kappa shape index (κ1) is 22.1. The molecule has 1 aliphatic heterocycles. The molecule has 2 aliphatic rings. The van der Waals surface area contributed by atoms with Crippen LogP contribution in [0.25, 0.3) is 0 Å². The average Bonchev–Trinajstić information content (AvgIpc) is 3.08. The highest BCUT2D eigenvalue weighted by molar-refractivity contribution is 6.24. The third-order valence-corrected chi connectivity index (χ3v) is 6.61. The number of hydrogen-bond donors (Lipinski definition) is 3. The van der Waals surface area contributed by atoms with Gasteiger partial charge in [0.15, 0.2) is 0 Å². The molecular weight excluding hydrogens is 400 g/mol. The molecule has 1 saturated carbocycles. The number of anilines is 1. The van der Waals surface area contributed by atoms with E-state index in [1.807, 2.05) is 48.5 Å². The Balaban J connectivity index is 1.48. The maximum atomic E-state index is 12.8. The zero-order valence-electron chi connectivity index (χ0n) is 19.1. The smallest absolute Gasteiger partial charge is 0.264 e. The number of amides is 2. The minimum absolute atomic E-state index is 0.00686. The minimum atomic E-state index is -0.717. The molecule has 0 radical (unpaired) electrons. The summed E-state index contributed by atoms with van der Waals surface area (Å²) in [5, 5.41) is 16.2. The van der Waals surface area contributed by atoms with E-state index in [9.17, 15) is 14.7 Å². The number of benzene rings is 2. The van der Waals surface area contributed by atoms with Crippen molar-refractivity contribution in [1.29, 1.82) is 0 Å². The maximum Gasteiger partial charge on any atom is 0.264 e. The molecule has 1 heterocycles. The van der Waals surface area contributed by atoms with Crippen molar-refractivity contribution in [2.45, 2.75) is 70.3 Å². The van der Waals surface area contributed by atoms with E-state index in [4.69, 9.17) is 0 Å². The van der Waals surface area contributed by atoms with Gasteiger partial charge in [0.2, 0.25) is 0 Å². The van der Waals surface area contributed by atoms with Crippen LogP contribution in [0.5, 0.6) is 0 Å². The van der Waals surface area contributed by atoms with Gasteiger partial charge < -0.3 is 15.7 Å². The van der Waals surface area contributed by atoms with E-state index in [0.29, 0.717) is 11.6 Å². The molecule has 4 rings (SSSR count). The van der Waals surface area contributed by atoms with Gasteiger partial charge in [-0.3, -0.25) is 9.59 Å². The van der Waals surface area contributed by atoms with E-state index >= 15 is 0 Å². The third kappa shape index (κ3) is 4.57. The molecule has 0 spiro atoms. The summed E-state index contributed by atoms with van der Waals surface area (Å²) in [6.45, 7) is 6.38. The van der Waals surface area contributed by atoms with Crippen LogP contribution in [0.4, 0.5) is 5.69 Å². The molecule has 1 unspecified atom stereocenters. The summed E-state index contributed by atoms with van der Waals surface area (Å²) < 4.78 is 0. The van der Waals surface area contributed by atoms with Crippen LogP contribution in [0, 0.1) is 0 Å². The average molecular weight is 433 g/mol. The second-order valence-electron chi connectivity index (χ2n) is 9.95. The van der Waals surface area contributed by atoms with Crippen molar-refractivity contribution >= 4 is 17.5 Å². The van der Waals surface area contributed by atoms with Crippen molar-refractivity contribution in [2.75, 3.05) is 5.32 Å². The summed E-state index contributed by atoms with van der Waals surface area (Å²) in [6.07, 6.45) is 6.28. The number of aliphatic hydroxyl groups excluding tert-OH is 1. The Hall–Kier alpha value is -3.08. The molecule has 1 aliphatic carbocycles. The molecule has 2 aromatic carbocycles. The molecule has 5 heteroatoms. The summed E-state index contributed by atoms with van der Waals surface area (Å²) in [5.41, 5.74) is 3.58. The molecule has 2 amide bonds. The Morgan fingerprint density at radius 2 is 1.53 bits per heavy atom. The number of nitrogens with one attached hydrogen (secondary N) is 2. The number of carbonyl (C=O) groups excluding carboxylic acids is 2. The van der Waals surface area contributed by atoms with Gasteiger partial charge in [0, 0.05) is 5.69 Å². The van der Waals surface area contributed by atoms with Gasteiger partial charge in [0.1, 0.15) is 17.4 Å². The van der Waals surface area contributed by atoms with Crippen LogP contribution in [0.15, 0.2) is 59.9 Å². The molecule has 3 N–H and O–H groups in total. The van der Waals surface area contributed by atoms with E-state index in [-0.39, 0.29) is 16.7 Å². The number of hydrogen-bond acceptors (Lipinski definition) is 3. The van der Waals surface area contributed by atoms with E-state index in [0.717, 1.165) is 11.1 Å². The second kappa shape index (κ2) is 8.81. The second-order valence-corrected chi connectivity index (χ2v) is 9.95. The fourth-order valence-electron chi connectivity index (χ4n) is 4.64. The molecule has 0 bridgehead atoms. The van der Waals surface area contributed by atoms with Crippen LogP contribution in [-0.4, -0.2) is 16.9 Å². The van der Waals surface area contributed by atoms with Gasteiger partial charge in [-0.05, 0) is 53.0 Å². The van der Waals surface area contributed by atoms with Gasteiger partial charge in [-0.2, -0.15) is 0 Å². The monoisotopic (exact) mass is 432 g/mol. The highest BCUT2D eigenvalue weighted by atomic mass is 16.3. The van der Waals surface area contributed by atoms with Crippen molar-refractivity contribution in [3.8, 4) is 0 Å². The molecule has 0 aromatic heterocycles. The lowest BCUT2D eigenvalue weighted by Gasteiger charge is -2.22. The van der Waals surface area contributed by atoms with Gasteiger partial charge in [-0.1, -0.05) is 76.4 Å². The molecular formula is C27H32N2O3. The van der Waals surface area contributed by atoms with Crippen LogP contribution >= 0.6 is 0 Å². The number of aliphatic hydroxyl groups is 1. The molecule has 168 valence electrons. The minimum Gasteiger partial charge on any atom is -0.509 e. The van der Waals surface area contributed by atoms with Gasteiger partial charge in [-0.25, -0.2) is 0 Å². The van der Waals surface area contributed by atoms with E-state index in [1.54, 1.807) is 0 Å². The summed E-state index contributed by atoms with van der Waals surface area (Å²) in [6, 6.07) is 14.9. The fourth-order valence-corrected chi connectivity index (χ4v) is 4.64. The summed E-state index contributed by atoms with van der Waals surface area (Å²) >= 11 is 0. The predicted molar refractivity (Wildman–Crippen MR) is 127 cm³/mol. The van der Waals surface area contributed by atoms with Crippen LogP contribution in [0.3, 0.4) is 0 Å². The van der Waals surface area contributed by atoms with E-state index in [2.05, 4.69) is 31.4 Å². The molecule has 1 fully saturated rings. The molecule has 1 atom stereocenters. The highest BCUT2D eigenvalue weighted by Crippen LogP contribution is 2.34. The summed E-state index contributed by atoms with van der Waals surface area (Å²) in [7, 11) is 0. The standard InChI is InChI=1S/C27H32N2O3/c1-27(2,3)20-13-9-19(10-14-20)23-24(30)22(26(32)29-23)25(31)28-21-15-11-18(12-16-21)17-7-5-4-6-8-17/h9-17,23,30H,4-8H2,1-3H3,(H,28,31)(H,29,32). The SMILES string of the molecule is CC(C)(C)c1ccc(C2NC(=O)C(C(=O)Nc3ccc(C4CCCCC4)cc3)=C2O)cc1. The Morgan fingerprint density at radius 3 is 2.12 bits per heavy atom. The Morgan fingerprint density at radius 1 is 0.938 bits per heavy atom. The Kier molecular flexibility index (Phi) is 6.09. The zero-order valence-corrected chi connectivity index (χ0v) is 19.1. The largest absolute Gasteiger partial charge is 0.509 e. The first-order chi connectivity index (χ1) is 15.2. The third-order valence-electron chi connectivity index (χ3n) is 6.61. The number of rotatable bonds is 4. The zero-order chi connectivity index (χ0) is 22.9. The first-order valence-electron chi connectivity index (χ1n) is 11.5. The van der Waals surface area contributed by atoms with E-state index < -0.39 is 17.9 Å². The van der Waals surface area contributed by atoms with Crippen molar-refractivity contribution < 1.29 is 14.7 Å². The van der Waals surface area contributed by atoms with Gasteiger partial charge in [0.25, 0.3) is 11.8 Å². The van der Waals surface area contributed by atoms with E-state index in [1.165, 1.54) is 37.7 Å². The van der Waals surface area contributed by atoms with Crippen molar-refractivity contribution in [3.63, 3.8) is 0 Å². The van der Waals surface area contributed by atoms with Gasteiger partial charge in [0.05, 0.1) is 0 Å². The normalized spacial score (nSPS) is 19.7. The predicted octanol–water partition coefficient (Wildman–Crippen LogP) is 5.65. The van der Waals surface area contributed by atoms with Crippen LogP contribution < -0.4 is 10.6 Å². The first-order valence-corrected chi connectivity index (χ1v) is 11.5. The van der Waals surface area contributed by atoms with Crippen molar-refractivity contribution in [1.82, 2.24) is 5.32 Å².